The van der Waals surface area contributed by atoms with Gasteiger partial charge in [-0.15, -0.1) is 0 Å². The molecule has 20 heavy (non-hydrogen) atoms. The van der Waals surface area contributed by atoms with Crippen LogP contribution in [0, 0.1) is 11.8 Å². The first-order valence-corrected chi connectivity index (χ1v) is 7.95. The summed E-state index contributed by atoms with van der Waals surface area (Å²) in [5, 5.41) is 3.83. The van der Waals surface area contributed by atoms with Crippen LogP contribution in [0.25, 0.3) is 0 Å². The molecule has 0 aliphatic heterocycles. The van der Waals surface area contributed by atoms with Gasteiger partial charge in [-0.3, -0.25) is 0 Å². The Morgan fingerprint density at radius 3 is 2.25 bits per heavy atom. The summed E-state index contributed by atoms with van der Waals surface area (Å²) in [5.41, 5.74) is 1.38. The third-order valence-electron chi connectivity index (χ3n) is 4.40. The molecule has 1 N–H and O–H groups in total. The summed E-state index contributed by atoms with van der Waals surface area (Å²) in [6.07, 6.45) is 5.14. The van der Waals surface area contributed by atoms with E-state index in [2.05, 4.69) is 38.2 Å². The van der Waals surface area contributed by atoms with Gasteiger partial charge in [0.2, 0.25) is 0 Å². The molecule has 3 atom stereocenters. The summed E-state index contributed by atoms with van der Waals surface area (Å²) in [4.78, 5) is 0. The quantitative estimate of drug-likeness (QED) is 0.875. The van der Waals surface area contributed by atoms with Gasteiger partial charge >= 0.3 is 0 Å². The van der Waals surface area contributed by atoms with Gasteiger partial charge in [-0.1, -0.05) is 26.0 Å². The number of nitrogens with one attached hydrogen (secondary N) is 1. The van der Waals surface area contributed by atoms with Gasteiger partial charge in [-0.05, 0) is 62.1 Å². The second kappa shape index (κ2) is 7.12. The van der Waals surface area contributed by atoms with E-state index >= 15 is 0 Å². The minimum Gasteiger partial charge on any atom is -0.497 e. The van der Waals surface area contributed by atoms with Crippen molar-refractivity contribution in [2.24, 2.45) is 11.8 Å². The molecule has 2 heteroatoms. The van der Waals surface area contributed by atoms with Crippen LogP contribution >= 0.6 is 0 Å². The second-order valence-corrected chi connectivity index (χ2v) is 6.73. The zero-order valence-corrected chi connectivity index (χ0v) is 13.4. The smallest absolute Gasteiger partial charge is 0.118 e. The maximum atomic E-state index is 5.20. The highest BCUT2D eigenvalue weighted by atomic mass is 16.5. The molecule has 3 unspecified atom stereocenters. The van der Waals surface area contributed by atoms with E-state index < -0.39 is 0 Å². The number of hydrogen-bond donors (Lipinski definition) is 1. The Morgan fingerprint density at radius 2 is 1.70 bits per heavy atom. The highest BCUT2D eigenvalue weighted by molar-refractivity contribution is 5.27. The lowest BCUT2D eigenvalue weighted by Crippen LogP contribution is -2.42. The van der Waals surface area contributed by atoms with Crippen LogP contribution < -0.4 is 10.1 Å². The van der Waals surface area contributed by atoms with Crippen molar-refractivity contribution in [3.8, 4) is 5.75 Å². The third-order valence-corrected chi connectivity index (χ3v) is 4.40. The fraction of sp³-hybridized carbons (Fsp3) is 0.667. The lowest BCUT2D eigenvalue weighted by atomic mass is 9.80. The summed E-state index contributed by atoms with van der Waals surface area (Å²) in [5.74, 6) is 2.66. The van der Waals surface area contributed by atoms with E-state index in [9.17, 15) is 0 Å². The summed E-state index contributed by atoms with van der Waals surface area (Å²) in [6, 6.07) is 9.67. The molecule has 2 rings (SSSR count). The molecule has 1 fully saturated rings. The largest absolute Gasteiger partial charge is 0.497 e. The molecule has 112 valence electrons. The average Bonchev–Trinajstić information content (AvgIpc) is 2.38. The molecular formula is C18H29NO. The van der Waals surface area contributed by atoms with Gasteiger partial charge in [0.25, 0.3) is 0 Å². The van der Waals surface area contributed by atoms with Crippen molar-refractivity contribution in [1.82, 2.24) is 5.32 Å². The highest BCUT2D eigenvalue weighted by Gasteiger charge is 2.24. The predicted molar refractivity (Wildman–Crippen MR) is 85.3 cm³/mol. The molecule has 1 aliphatic carbocycles. The van der Waals surface area contributed by atoms with Crippen molar-refractivity contribution in [1.29, 1.82) is 0 Å². The lowest BCUT2D eigenvalue weighted by Gasteiger charge is -2.34. The van der Waals surface area contributed by atoms with Gasteiger partial charge in [0, 0.05) is 12.1 Å². The second-order valence-electron chi connectivity index (χ2n) is 6.73. The monoisotopic (exact) mass is 275 g/mol. The molecule has 1 aromatic carbocycles. The zero-order chi connectivity index (χ0) is 14.5. The molecule has 2 nitrogen and oxygen atoms in total. The zero-order valence-electron chi connectivity index (χ0n) is 13.4. The standard InChI is InChI=1S/C18H29NO/c1-13-9-14(2)11-17(10-13)19-15(3)12-16-5-7-18(20-4)8-6-16/h5-8,13-15,17,19H,9-12H2,1-4H3. The van der Waals surface area contributed by atoms with Gasteiger partial charge in [0.1, 0.15) is 5.75 Å². The van der Waals surface area contributed by atoms with E-state index in [-0.39, 0.29) is 0 Å². The maximum absolute atomic E-state index is 5.20. The predicted octanol–water partition coefficient (Wildman–Crippen LogP) is 4.04. The van der Waals surface area contributed by atoms with Gasteiger partial charge in [-0.2, -0.15) is 0 Å². The van der Waals surface area contributed by atoms with E-state index in [0.717, 1.165) is 24.0 Å². The van der Waals surface area contributed by atoms with Crippen LogP contribution in [0.5, 0.6) is 5.75 Å². The van der Waals surface area contributed by atoms with Gasteiger partial charge in [-0.25, -0.2) is 0 Å². The van der Waals surface area contributed by atoms with Crippen molar-refractivity contribution in [3.05, 3.63) is 29.8 Å². The van der Waals surface area contributed by atoms with Crippen molar-refractivity contribution in [3.63, 3.8) is 0 Å². The van der Waals surface area contributed by atoms with Crippen LogP contribution in [0.4, 0.5) is 0 Å². The molecule has 0 heterocycles. The minimum atomic E-state index is 0.533. The van der Waals surface area contributed by atoms with Crippen LogP contribution in [0.3, 0.4) is 0 Å². The van der Waals surface area contributed by atoms with Crippen LogP contribution in [-0.2, 0) is 6.42 Å². The van der Waals surface area contributed by atoms with Crippen molar-refractivity contribution < 1.29 is 4.74 Å². The summed E-state index contributed by atoms with van der Waals surface area (Å²) < 4.78 is 5.20. The molecule has 1 aliphatic rings. The third kappa shape index (κ3) is 4.52. The van der Waals surface area contributed by atoms with Crippen molar-refractivity contribution >= 4 is 0 Å². The van der Waals surface area contributed by atoms with E-state index in [1.807, 2.05) is 12.1 Å². The highest BCUT2D eigenvalue weighted by Crippen LogP contribution is 2.28. The Balaban J connectivity index is 1.83. The normalized spacial score (nSPS) is 28.1. The Kier molecular flexibility index (Phi) is 5.47. The molecule has 0 saturated heterocycles. The molecule has 0 bridgehead atoms. The number of rotatable bonds is 5. The SMILES string of the molecule is COc1ccc(CC(C)NC2CC(C)CC(C)C2)cc1. The van der Waals surface area contributed by atoms with E-state index in [1.165, 1.54) is 24.8 Å². The molecule has 1 aromatic rings. The van der Waals surface area contributed by atoms with Gasteiger partial charge in [0.15, 0.2) is 0 Å². The first kappa shape index (κ1) is 15.4. The Hall–Kier alpha value is -1.02. The van der Waals surface area contributed by atoms with Crippen LogP contribution in [0.2, 0.25) is 0 Å². The Labute approximate surface area is 123 Å². The first-order chi connectivity index (χ1) is 9.56. The summed E-state index contributed by atoms with van der Waals surface area (Å²) >= 11 is 0. The maximum Gasteiger partial charge on any atom is 0.118 e. The number of hydrogen-bond acceptors (Lipinski definition) is 2. The number of ether oxygens (including phenoxy) is 1. The molecular weight excluding hydrogens is 246 g/mol. The topological polar surface area (TPSA) is 21.3 Å². The first-order valence-electron chi connectivity index (χ1n) is 7.95. The van der Waals surface area contributed by atoms with E-state index in [0.29, 0.717) is 12.1 Å². The van der Waals surface area contributed by atoms with Gasteiger partial charge in [0.05, 0.1) is 7.11 Å². The number of benzene rings is 1. The van der Waals surface area contributed by atoms with Crippen molar-refractivity contribution in [2.45, 2.75) is 58.5 Å². The van der Waals surface area contributed by atoms with E-state index in [1.54, 1.807) is 7.11 Å². The van der Waals surface area contributed by atoms with Gasteiger partial charge < -0.3 is 10.1 Å². The average molecular weight is 275 g/mol. The lowest BCUT2D eigenvalue weighted by molar-refractivity contribution is 0.227. The van der Waals surface area contributed by atoms with Crippen LogP contribution in [0.1, 0.15) is 45.6 Å². The molecule has 0 amide bonds. The Bertz CT molecular complexity index is 390. The molecule has 1 saturated carbocycles. The van der Waals surface area contributed by atoms with Crippen LogP contribution in [-0.4, -0.2) is 19.2 Å². The Morgan fingerprint density at radius 1 is 1.10 bits per heavy atom. The van der Waals surface area contributed by atoms with Crippen molar-refractivity contribution in [2.75, 3.05) is 7.11 Å². The fourth-order valence-corrected chi connectivity index (χ4v) is 3.66. The summed E-state index contributed by atoms with van der Waals surface area (Å²) in [6.45, 7) is 7.07. The van der Waals surface area contributed by atoms with Crippen LogP contribution in [0.15, 0.2) is 24.3 Å². The minimum absolute atomic E-state index is 0.533. The molecule has 0 spiro atoms. The molecule has 0 radical (unpaired) electrons. The summed E-state index contributed by atoms with van der Waals surface area (Å²) in [7, 11) is 1.71. The fourth-order valence-electron chi connectivity index (χ4n) is 3.66. The molecule has 0 aromatic heterocycles. The number of methoxy groups -OCH3 is 1. The van der Waals surface area contributed by atoms with E-state index in [4.69, 9.17) is 4.74 Å².